The average Bonchev–Trinajstić information content (AvgIpc) is 2.87. The van der Waals surface area contributed by atoms with Crippen molar-refractivity contribution in [1.29, 1.82) is 0 Å². The Morgan fingerprint density at radius 2 is 2.10 bits per heavy atom. The van der Waals surface area contributed by atoms with E-state index in [0.29, 0.717) is 6.42 Å². The minimum Gasteiger partial charge on any atom is -0.339 e. The molecule has 0 amide bonds. The third kappa shape index (κ3) is 5.25. The van der Waals surface area contributed by atoms with E-state index in [9.17, 15) is 0 Å². The van der Waals surface area contributed by atoms with E-state index < -0.39 is 0 Å². The van der Waals surface area contributed by atoms with Crippen LogP contribution in [0.25, 0.3) is 0 Å². The van der Waals surface area contributed by atoms with Gasteiger partial charge < -0.3 is 10.3 Å². The number of nitrogens with two attached hydrogens (primary N) is 1. The molecule has 2 N–H and O–H groups in total. The molecule has 5 heteroatoms. The van der Waals surface area contributed by atoms with E-state index in [1.807, 2.05) is 19.1 Å². The Hall–Kier alpha value is -1.20. The van der Waals surface area contributed by atoms with Crippen LogP contribution in [0.1, 0.15) is 56.3 Å². The molecule has 1 heterocycles. The maximum atomic E-state index is 5.76. The lowest BCUT2D eigenvalue weighted by molar-refractivity contribution is 0.346. The molecule has 0 aliphatic rings. The zero-order chi connectivity index (χ0) is 15.2. The van der Waals surface area contributed by atoms with Crippen molar-refractivity contribution in [2.75, 3.05) is 0 Å². The maximum Gasteiger partial charge on any atom is 0.229 e. The maximum absolute atomic E-state index is 5.76. The summed E-state index contributed by atoms with van der Waals surface area (Å²) < 4.78 is 6.45. The van der Waals surface area contributed by atoms with Gasteiger partial charge in [0, 0.05) is 22.9 Å². The van der Waals surface area contributed by atoms with E-state index in [1.54, 1.807) is 0 Å². The fourth-order valence-corrected chi connectivity index (χ4v) is 2.69. The Balaban J connectivity index is 1.91. The van der Waals surface area contributed by atoms with E-state index in [2.05, 4.69) is 45.1 Å². The van der Waals surface area contributed by atoms with E-state index >= 15 is 0 Å². The lowest BCUT2D eigenvalue weighted by Crippen LogP contribution is -2.14. The molecule has 0 aliphatic carbocycles. The van der Waals surface area contributed by atoms with Crippen LogP contribution in [0.2, 0.25) is 0 Å². The normalized spacial score (nSPS) is 14.1. The van der Waals surface area contributed by atoms with Crippen LogP contribution in [0.15, 0.2) is 33.3 Å². The van der Waals surface area contributed by atoms with Gasteiger partial charge >= 0.3 is 0 Å². The predicted octanol–water partition coefficient (Wildman–Crippen LogP) is 4.04. The number of halogens is 1. The molecule has 2 rings (SSSR count). The topological polar surface area (TPSA) is 64.9 Å². The number of benzene rings is 1. The van der Waals surface area contributed by atoms with Crippen molar-refractivity contribution in [1.82, 2.24) is 10.1 Å². The first-order valence-corrected chi connectivity index (χ1v) is 8.16. The van der Waals surface area contributed by atoms with Crippen molar-refractivity contribution < 1.29 is 4.52 Å². The highest BCUT2D eigenvalue weighted by Crippen LogP contribution is 2.21. The first kappa shape index (κ1) is 16.2. The van der Waals surface area contributed by atoms with Crippen LogP contribution in [0.4, 0.5) is 0 Å². The van der Waals surface area contributed by atoms with Crippen LogP contribution >= 0.6 is 15.9 Å². The van der Waals surface area contributed by atoms with Crippen LogP contribution in [0, 0.1) is 0 Å². The molecule has 0 aliphatic heterocycles. The summed E-state index contributed by atoms with van der Waals surface area (Å²) in [5.41, 5.74) is 6.93. The molecule has 0 radical (unpaired) electrons. The lowest BCUT2D eigenvalue weighted by Gasteiger charge is -2.07. The highest BCUT2D eigenvalue weighted by Gasteiger charge is 2.14. The molecule has 0 saturated heterocycles. The molecule has 1 aromatic carbocycles. The fourth-order valence-electron chi connectivity index (χ4n) is 2.24. The van der Waals surface area contributed by atoms with Crippen molar-refractivity contribution in [3.05, 3.63) is 46.0 Å². The van der Waals surface area contributed by atoms with Gasteiger partial charge in [-0.2, -0.15) is 4.98 Å². The summed E-state index contributed by atoms with van der Waals surface area (Å²) in [5, 5.41) is 4.08. The Morgan fingerprint density at radius 1 is 1.29 bits per heavy atom. The van der Waals surface area contributed by atoms with Crippen molar-refractivity contribution >= 4 is 15.9 Å². The Labute approximate surface area is 134 Å². The smallest absolute Gasteiger partial charge is 0.229 e. The molecule has 0 saturated carbocycles. The zero-order valence-electron chi connectivity index (χ0n) is 12.6. The van der Waals surface area contributed by atoms with Gasteiger partial charge in [0.05, 0.1) is 0 Å². The molecule has 0 spiro atoms. The van der Waals surface area contributed by atoms with Gasteiger partial charge in [-0.05, 0) is 37.5 Å². The molecule has 0 bridgehead atoms. The minimum absolute atomic E-state index is 0.256. The summed E-state index contributed by atoms with van der Waals surface area (Å²) in [7, 11) is 0. The van der Waals surface area contributed by atoms with Gasteiger partial charge in [0.1, 0.15) is 0 Å². The van der Waals surface area contributed by atoms with E-state index in [1.165, 1.54) is 5.56 Å². The van der Waals surface area contributed by atoms with E-state index in [4.69, 9.17) is 10.3 Å². The van der Waals surface area contributed by atoms with Crippen molar-refractivity contribution in [3.63, 3.8) is 0 Å². The summed E-state index contributed by atoms with van der Waals surface area (Å²) >= 11 is 3.47. The predicted molar refractivity (Wildman–Crippen MR) is 87.2 cm³/mol. The van der Waals surface area contributed by atoms with Gasteiger partial charge in [-0.15, -0.1) is 0 Å². The summed E-state index contributed by atoms with van der Waals surface area (Å²) in [5.74, 6) is 1.75. The van der Waals surface area contributed by atoms with Crippen LogP contribution in [0.5, 0.6) is 0 Å². The standard InChI is InChI=1S/C16H22BrN3O/c1-11(5-3-6-12(2)18)16-19-15(20-21-16)10-13-7-4-8-14(17)9-13/h4,7-9,11-12H,3,5-6,10,18H2,1-2H3. The molecule has 4 nitrogen and oxygen atoms in total. The largest absolute Gasteiger partial charge is 0.339 e. The molecule has 2 atom stereocenters. The van der Waals surface area contributed by atoms with Gasteiger partial charge in [-0.25, -0.2) is 0 Å². The molecule has 2 unspecified atom stereocenters. The van der Waals surface area contributed by atoms with E-state index in [0.717, 1.165) is 35.5 Å². The monoisotopic (exact) mass is 351 g/mol. The van der Waals surface area contributed by atoms with Crippen LogP contribution in [0.3, 0.4) is 0 Å². The Kier molecular flexibility index (Phi) is 5.94. The molecule has 2 aromatic rings. The van der Waals surface area contributed by atoms with Crippen LogP contribution in [-0.2, 0) is 6.42 Å². The summed E-state index contributed by atoms with van der Waals surface area (Å²) in [6.07, 6.45) is 3.83. The van der Waals surface area contributed by atoms with Gasteiger partial charge in [0.15, 0.2) is 5.82 Å². The zero-order valence-corrected chi connectivity index (χ0v) is 14.1. The van der Waals surface area contributed by atoms with E-state index in [-0.39, 0.29) is 12.0 Å². The first-order chi connectivity index (χ1) is 10.0. The Bertz CT molecular complexity index is 568. The average molecular weight is 352 g/mol. The third-order valence-electron chi connectivity index (χ3n) is 3.45. The van der Waals surface area contributed by atoms with Crippen LogP contribution < -0.4 is 5.73 Å². The summed E-state index contributed by atoms with van der Waals surface area (Å²) in [4.78, 5) is 4.51. The summed E-state index contributed by atoms with van der Waals surface area (Å²) in [6, 6.07) is 8.41. The highest BCUT2D eigenvalue weighted by molar-refractivity contribution is 9.10. The number of hydrogen-bond donors (Lipinski definition) is 1. The minimum atomic E-state index is 0.256. The van der Waals surface area contributed by atoms with Crippen LogP contribution in [-0.4, -0.2) is 16.2 Å². The molecular formula is C16H22BrN3O. The molecular weight excluding hydrogens is 330 g/mol. The van der Waals surface area contributed by atoms with Gasteiger partial charge in [0.2, 0.25) is 5.89 Å². The Morgan fingerprint density at radius 3 is 2.81 bits per heavy atom. The second kappa shape index (κ2) is 7.71. The summed E-state index contributed by atoms with van der Waals surface area (Å²) in [6.45, 7) is 4.16. The number of rotatable bonds is 7. The molecule has 1 aromatic heterocycles. The van der Waals surface area contributed by atoms with Gasteiger partial charge in [0.25, 0.3) is 0 Å². The third-order valence-corrected chi connectivity index (χ3v) is 3.95. The fraction of sp³-hybridized carbons (Fsp3) is 0.500. The number of aromatic nitrogens is 2. The van der Waals surface area contributed by atoms with Crippen molar-refractivity contribution in [3.8, 4) is 0 Å². The van der Waals surface area contributed by atoms with Crippen molar-refractivity contribution in [2.45, 2.75) is 51.5 Å². The van der Waals surface area contributed by atoms with Gasteiger partial charge in [-0.3, -0.25) is 0 Å². The quantitative estimate of drug-likeness (QED) is 0.817. The second-order valence-electron chi connectivity index (χ2n) is 5.66. The molecule has 21 heavy (non-hydrogen) atoms. The highest BCUT2D eigenvalue weighted by atomic mass is 79.9. The second-order valence-corrected chi connectivity index (χ2v) is 6.58. The molecule has 0 fully saturated rings. The lowest BCUT2D eigenvalue weighted by atomic mass is 10.0. The van der Waals surface area contributed by atoms with Gasteiger partial charge in [-0.1, -0.05) is 46.6 Å². The van der Waals surface area contributed by atoms with Crippen molar-refractivity contribution in [2.24, 2.45) is 5.73 Å². The molecule has 114 valence electrons. The number of nitrogens with zero attached hydrogens (tertiary/aromatic N) is 2. The number of hydrogen-bond acceptors (Lipinski definition) is 4. The first-order valence-electron chi connectivity index (χ1n) is 7.37. The SMILES string of the molecule is CC(N)CCCC(C)c1nc(Cc2cccc(Br)c2)no1.